The largest absolute Gasteiger partial charge is 0.310 e. The summed E-state index contributed by atoms with van der Waals surface area (Å²) in [4.78, 5) is 10.4. The van der Waals surface area contributed by atoms with Crippen LogP contribution in [0.15, 0.2) is 34.3 Å². The average molecular weight is 301 g/mol. The summed E-state index contributed by atoms with van der Waals surface area (Å²) < 4.78 is 0. The van der Waals surface area contributed by atoms with Gasteiger partial charge in [0.15, 0.2) is 5.16 Å². The fraction of sp³-hybridized carbons (Fsp3) is 0.412. The van der Waals surface area contributed by atoms with E-state index in [0.717, 1.165) is 23.1 Å². The Bertz CT molecular complexity index is 600. The van der Waals surface area contributed by atoms with E-state index in [-0.39, 0.29) is 0 Å². The van der Waals surface area contributed by atoms with Crippen molar-refractivity contribution in [1.82, 2.24) is 15.3 Å². The van der Waals surface area contributed by atoms with Gasteiger partial charge >= 0.3 is 0 Å². The lowest BCUT2D eigenvalue weighted by atomic mass is 10.2. The normalized spacial score (nSPS) is 11.1. The molecule has 0 unspecified atom stereocenters. The second kappa shape index (κ2) is 7.05. The van der Waals surface area contributed by atoms with E-state index >= 15 is 0 Å². The van der Waals surface area contributed by atoms with Crippen LogP contribution in [0.1, 0.15) is 36.4 Å². The lowest BCUT2D eigenvalue weighted by molar-refractivity contribution is 0.584. The van der Waals surface area contributed by atoms with Crippen LogP contribution in [0.2, 0.25) is 0 Å². The minimum atomic E-state index is 0.475. The Labute approximate surface area is 131 Å². The number of aryl methyl sites for hydroxylation is 2. The van der Waals surface area contributed by atoms with Crippen molar-refractivity contribution >= 4 is 11.8 Å². The third-order valence-corrected chi connectivity index (χ3v) is 4.47. The Morgan fingerprint density at radius 2 is 1.67 bits per heavy atom. The first kappa shape index (κ1) is 16.0. The van der Waals surface area contributed by atoms with Gasteiger partial charge in [0, 0.05) is 28.9 Å². The predicted octanol–water partition coefficient (Wildman–Crippen LogP) is 4.05. The molecule has 2 aromatic rings. The van der Waals surface area contributed by atoms with Crippen molar-refractivity contribution in [2.24, 2.45) is 0 Å². The van der Waals surface area contributed by atoms with E-state index in [2.05, 4.69) is 60.3 Å². The molecule has 112 valence electrons. The number of rotatable bonds is 5. The minimum absolute atomic E-state index is 0.475. The monoisotopic (exact) mass is 301 g/mol. The van der Waals surface area contributed by atoms with E-state index in [9.17, 15) is 0 Å². The molecule has 0 aliphatic heterocycles. The molecule has 3 nitrogen and oxygen atoms in total. The molecule has 0 atom stereocenters. The van der Waals surface area contributed by atoms with Crippen LogP contribution in [-0.2, 0) is 6.54 Å². The fourth-order valence-electron chi connectivity index (χ4n) is 1.95. The SMILES string of the molecule is Cc1nc(Sc2ccccc2CNC(C)C)nc(C)c1C. The quantitative estimate of drug-likeness (QED) is 0.845. The van der Waals surface area contributed by atoms with E-state index in [4.69, 9.17) is 0 Å². The third-order valence-electron chi connectivity index (χ3n) is 3.49. The summed E-state index contributed by atoms with van der Waals surface area (Å²) in [5, 5.41) is 4.29. The highest BCUT2D eigenvalue weighted by Crippen LogP contribution is 2.29. The van der Waals surface area contributed by atoms with Crippen LogP contribution >= 0.6 is 11.8 Å². The summed E-state index contributed by atoms with van der Waals surface area (Å²) in [5.41, 5.74) is 4.58. The van der Waals surface area contributed by atoms with Crippen LogP contribution in [0.25, 0.3) is 0 Å². The Morgan fingerprint density at radius 3 is 2.29 bits per heavy atom. The fourth-order valence-corrected chi connectivity index (χ4v) is 2.93. The molecule has 0 fully saturated rings. The molecule has 21 heavy (non-hydrogen) atoms. The molecule has 0 aliphatic rings. The molecular weight excluding hydrogens is 278 g/mol. The zero-order chi connectivity index (χ0) is 15.4. The molecule has 4 heteroatoms. The lowest BCUT2D eigenvalue weighted by Crippen LogP contribution is -2.22. The van der Waals surface area contributed by atoms with Crippen molar-refractivity contribution in [3.8, 4) is 0 Å². The number of hydrogen-bond acceptors (Lipinski definition) is 4. The van der Waals surface area contributed by atoms with Crippen LogP contribution in [0.4, 0.5) is 0 Å². The van der Waals surface area contributed by atoms with Gasteiger partial charge in [0.2, 0.25) is 0 Å². The second-order valence-corrected chi connectivity index (χ2v) is 6.56. The first-order chi connectivity index (χ1) is 9.97. The highest BCUT2D eigenvalue weighted by molar-refractivity contribution is 7.99. The van der Waals surface area contributed by atoms with Crippen molar-refractivity contribution in [3.05, 3.63) is 46.8 Å². The molecule has 0 saturated carbocycles. The number of aromatic nitrogens is 2. The molecule has 1 aromatic carbocycles. The zero-order valence-corrected chi connectivity index (χ0v) is 14.2. The highest BCUT2D eigenvalue weighted by atomic mass is 32.2. The van der Waals surface area contributed by atoms with E-state index < -0.39 is 0 Å². The highest BCUT2D eigenvalue weighted by Gasteiger charge is 2.09. The Kier molecular flexibility index (Phi) is 5.37. The molecule has 1 heterocycles. The van der Waals surface area contributed by atoms with Crippen LogP contribution in [0, 0.1) is 20.8 Å². The molecule has 0 aliphatic carbocycles. The van der Waals surface area contributed by atoms with Crippen molar-refractivity contribution in [2.75, 3.05) is 0 Å². The molecule has 1 aromatic heterocycles. The molecule has 1 N–H and O–H groups in total. The smallest absolute Gasteiger partial charge is 0.192 e. The summed E-state index contributed by atoms with van der Waals surface area (Å²) in [6.07, 6.45) is 0. The van der Waals surface area contributed by atoms with Crippen molar-refractivity contribution < 1.29 is 0 Å². The summed E-state index contributed by atoms with van der Waals surface area (Å²) in [6, 6.07) is 8.91. The van der Waals surface area contributed by atoms with E-state index in [1.807, 2.05) is 13.8 Å². The first-order valence-electron chi connectivity index (χ1n) is 7.28. The lowest BCUT2D eigenvalue weighted by Gasteiger charge is -2.12. The van der Waals surface area contributed by atoms with Crippen molar-refractivity contribution in [1.29, 1.82) is 0 Å². The molecule has 0 saturated heterocycles. The van der Waals surface area contributed by atoms with Gasteiger partial charge in [-0.2, -0.15) is 0 Å². The van der Waals surface area contributed by atoms with E-state index in [0.29, 0.717) is 6.04 Å². The van der Waals surface area contributed by atoms with Crippen LogP contribution in [-0.4, -0.2) is 16.0 Å². The Balaban J connectivity index is 2.23. The first-order valence-corrected chi connectivity index (χ1v) is 8.10. The maximum Gasteiger partial charge on any atom is 0.192 e. The van der Waals surface area contributed by atoms with Gasteiger partial charge in [-0.15, -0.1) is 0 Å². The molecule has 0 bridgehead atoms. The Hall–Kier alpha value is -1.39. The molecular formula is C17H23N3S. The number of nitrogens with zero attached hydrogens (tertiary/aromatic N) is 2. The van der Waals surface area contributed by atoms with E-state index in [1.54, 1.807) is 11.8 Å². The van der Waals surface area contributed by atoms with Crippen LogP contribution in [0.3, 0.4) is 0 Å². The maximum atomic E-state index is 4.60. The van der Waals surface area contributed by atoms with Gasteiger partial charge in [-0.3, -0.25) is 0 Å². The number of benzene rings is 1. The van der Waals surface area contributed by atoms with Gasteiger partial charge in [-0.05, 0) is 49.7 Å². The minimum Gasteiger partial charge on any atom is -0.310 e. The standard InChI is InChI=1S/C17H23N3S/c1-11(2)18-10-15-8-6-7-9-16(15)21-17-19-13(4)12(3)14(5)20-17/h6-9,11,18H,10H2,1-5H3. The molecule has 0 spiro atoms. The van der Waals surface area contributed by atoms with Gasteiger partial charge in [0.05, 0.1) is 0 Å². The van der Waals surface area contributed by atoms with Gasteiger partial charge in [-0.25, -0.2) is 9.97 Å². The van der Waals surface area contributed by atoms with Crippen LogP contribution < -0.4 is 5.32 Å². The summed E-state index contributed by atoms with van der Waals surface area (Å²) in [6.45, 7) is 11.3. The van der Waals surface area contributed by atoms with Crippen molar-refractivity contribution in [3.63, 3.8) is 0 Å². The number of hydrogen-bond donors (Lipinski definition) is 1. The maximum absolute atomic E-state index is 4.60. The molecule has 2 rings (SSSR count). The van der Waals surface area contributed by atoms with Gasteiger partial charge < -0.3 is 5.32 Å². The van der Waals surface area contributed by atoms with Gasteiger partial charge in [-0.1, -0.05) is 32.0 Å². The summed E-state index contributed by atoms with van der Waals surface area (Å²) >= 11 is 1.64. The topological polar surface area (TPSA) is 37.8 Å². The molecule has 0 amide bonds. The predicted molar refractivity (Wildman–Crippen MR) is 88.8 cm³/mol. The average Bonchev–Trinajstić information content (AvgIpc) is 2.43. The number of nitrogens with one attached hydrogen (secondary N) is 1. The van der Waals surface area contributed by atoms with Gasteiger partial charge in [0.1, 0.15) is 0 Å². The van der Waals surface area contributed by atoms with Crippen LogP contribution in [0.5, 0.6) is 0 Å². The van der Waals surface area contributed by atoms with Gasteiger partial charge in [0.25, 0.3) is 0 Å². The zero-order valence-electron chi connectivity index (χ0n) is 13.4. The third kappa shape index (κ3) is 4.29. The Morgan fingerprint density at radius 1 is 1.05 bits per heavy atom. The van der Waals surface area contributed by atoms with E-state index in [1.165, 1.54) is 16.0 Å². The van der Waals surface area contributed by atoms with Crippen molar-refractivity contribution in [2.45, 2.75) is 57.3 Å². The molecule has 0 radical (unpaired) electrons. The summed E-state index contributed by atoms with van der Waals surface area (Å²) in [5.74, 6) is 0. The second-order valence-electron chi connectivity index (χ2n) is 5.55. The summed E-state index contributed by atoms with van der Waals surface area (Å²) in [7, 11) is 0.